The molecule has 2 heterocycles. The third kappa shape index (κ3) is 4.28. The number of H-pyrrole nitrogens is 1. The molecule has 3 aromatic rings. The lowest BCUT2D eigenvalue weighted by Crippen LogP contribution is -2.68. The van der Waals surface area contributed by atoms with Crippen molar-refractivity contribution in [1.29, 1.82) is 0 Å². The molecule has 0 radical (unpaired) electrons. The maximum atomic E-state index is 12.5. The average molecular weight is 465 g/mol. The van der Waals surface area contributed by atoms with Crippen molar-refractivity contribution in [2.24, 2.45) is 0 Å². The number of aryl methyl sites for hydroxylation is 1. The lowest BCUT2D eigenvalue weighted by molar-refractivity contribution is -0.00785. The van der Waals surface area contributed by atoms with Gasteiger partial charge in [0.1, 0.15) is 6.23 Å². The van der Waals surface area contributed by atoms with E-state index in [1.807, 2.05) is 19.1 Å². The highest BCUT2D eigenvalue weighted by Crippen LogP contribution is 2.40. The van der Waals surface area contributed by atoms with Crippen LogP contribution in [0.15, 0.2) is 76.4 Å². The van der Waals surface area contributed by atoms with E-state index in [1.165, 1.54) is 14.9 Å². The Morgan fingerprint density at radius 1 is 1.00 bits per heavy atom. The lowest BCUT2D eigenvalue weighted by atomic mass is 10.2. The Morgan fingerprint density at radius 3 is 2.06 bits per heavy atom. The molecule has 1 aliphatic heterocycles. The summed E-state index contributed by atoms with van der Waals surface area (Å²) >= 11 is 0. The second kappa shape index (κ2) is 8.89. The van der Waals surface area contributed by atoms with E-state index in [1.54, 1.807) is 13.1 Å². The van der Waals surface area contributed by atoms with Crippen molar-refractivity contribution in [3.05, 3.63) is 93.3 Å². The molecule has 174 valence electrons. The Labute approximate surface area is 195 Å². The number of hydrogen-bond donors (Lipinski definition) is 1. The molecule has 1 fully saturated rings. The monoisotopic (exact) mass is 464 g/mol. The first kappa shape index (κ1) is 23.4. The number of rotatable bonds is 5. The molecule has 0 bridgehead atoms. The molecule has 1 aromatic heterocycles. The van der Waals surface area contributed by atoms with Gasteiger partial charge < -0.3 is 9.16 Å². The van der Waals surface area contributed by atoms with Gasteiger partial charge in [-0.2, -0.15) is 0 Å². The number of hydrogen-bond acceptors (Lipinski definition) is 4. The van der Waals surface area contributed by atoms with Gasteiger partial charge in [-0.1, -0.05) is 81.4 Å². The van der Waals surface area contributed by atoms with Gasteiger partial charge in [-0.25, -0.2) is 4.79 Å². The SMILES string of the molecule is Cc1cn([C@H]2C[C@H](O[Si](c3ccccc3)(c3ccccc3)C(C)(C)C)[C@@H](C)O2)c(=O)[nH]c1=O. The molecule has 7 heteroatoms. The summed E-state index contributed by atoms with van der Waals surface area (Å²) < 4.78 is 14.9. The van der Waals surface area contributed by atoms with E-state index >= 15 is 0 Å². The molecule has 1 saturated heterocycles. The van der Waals surface area contributed by atoms with E-state index in [2.05, 4.69) is 74.3 Å². The predicted octanol–water partition coefficient (Wildman–Crippen LogP) is 3.10. The fourth-order valence-electron chi connectivity index (χ4n) is 4.82. The molecular weight excluding hydrogens is 432 g/mol. The number of aromatic amines is 1. The second-order valence-electron chi connectivity index (χ2n) is 9.83. The average Bonchev–Trinajstić information content (AvgIpc) is 3.14. The van der Waals surface area contributed by atoms with Crippen LogP contribution in [0.3, 0.4) is 0 Å². The predicted molar refractivity (Wildman–Crippen MR) is 133 cm³/mol. The van der Waals surface area contributed by atoms with Crippen LogP contribution in [-0.2, 0) is 9.16 Å². The number of benzene rings is 2. The minimum absolute atomic E-state index is 0.154. The van der Waals surface area contributed by atoms with Gasteiger partial charge in [0.05, 0.1) is 12.2 Å². The van der Waals surface area contributed by atoms with Gasteiger partial charge in [0, 0.05) is 18.2 Å². The zero-order chi connectivity index (χ0) is 23.8. The smallest absolute Gasteiger partial charge is 0.330 e. The second-order valence-corrected chi connectivity index (χ2v) is 14.1. The third-order valence-corrected chi connectivity index (χ3v) is 11.6. The first-order valence-corrected chi connectivity index (χ1v) is 13.3. The lowest BCUT2D eigenvalue weighted by Gasteiger charge is -2.45. The van der Waals surface area contributed by atoms with Crippen LogP contribution in [0, 0.1) is 6.92 Å². The Morgan fingerprint density at radius 2 is 1.55 bits per heavy atom. The van der Waals surface area contributed by atoms with Gasteiger partial charge in [-0.05, 0) is 29.3 Å². The molecule has 0 amide bonds. The van der Waals surface area contributed by atoms with Gasteiger partial charge >= 0.3 is 5.69 Å². The largest absolute Gasteiger partial charge is 0.402 e. The highest BCUT2D eigenvalue weighted by Gasteiger charge is 2.53. The zero-order valence-corrected chi connectivity index (χ0v) is 20.9. The maximum Gasteiger partial charge on any atom is 0.330 e. The Balaban J connectivity index is 1.77. The van der Waals surface area contributed by atoms with Crippen LogP contribution in [-0.4, -0.2) is 30.1 Å². The van der Waals surface area contributed by atoms with Crippen molar-refractivity contribution in [2.75, 3.05) is 0 Å². The summed E-state index contributed by atoms with van der Waals surface area (Å²) in [4.78, 5) is 26.7. The minimum Gasteiger partial charge on any atom is -0.402 e. The summed E-state index contributed by atoms with van der Waals surface area (Å²) in [5.74, 6) is 0. The van der Waals surface area contributed by atoms with Crippen LogP contribution in [0.1, 0.15) is 45.9 Å². The molecule has 1 N–H and O–H groups in total. The highest BCUT2D eigenvalue weighted by atomic mass is 28.4. The molecular formula is C26H32N2O4Si. The standard InChI is InChI=1S/C26H32N2O4Si/c1-18-17-28(25(30)27-24(18)29)23-16-22(19(2)31-23)32-33(26(3,4)5,20-12-8-6-9-13-20)21-14-10-7-11-15-21/h6-15,17,19,22-23H,16H2,1-5H3,(H,27,29,30)/t19-,22+,23-/m1/s1. The summed E-state index contributed by atoms with van der Waals surface area (Å²) in [6.45, 7) is 10.4. The molecule has 33 heavy (non-hydrogen) atoms. The van der Waals surface area contributed by atoms with E-state index in [9.17, 15) is 9.59 Å². The summed E-state index contributed by atoms with van der Waals surface area (Å²) in [6, 6.07) is 21.0. The van der Waals surface area contributed by atoms with E-state index in [0.29, 0.717) is 12.0 Å². The van der Waals surface area contributed by atoms with Crippen LogP contribution >= 0.6 is 0 Å². The van der Waals surface area contributed by atoms with Gasteiger partial charge in [0.15, 0.2) is 0 Å². The molecule has 4 rings (SSSR count). The van der Waals surface area contributed by atoms with Crippen molar-refractivity contribution in [2.45, 2.75) is 64.5 Å². The van der Waals surface area contributed by atoms with Crippen molar-refractivity contribution in [1.82, 2.24) is 9.55 Å². The van der Waals surface area contributed by atoms with Crippen molar-refractivity contribution >= 4 is 18.7 Å². The van der Waals surface area contributed by atoms with Crippen LogP contribution < -0.4 is 21.6 Å². The fraction of sp³-hybridized carbons (Fsp3) is 0.385. The molecule has 0 unspecified atom stereocenters. The number of nitrogens with zero attached hydrogens (tertiary/aromatic N) is 1. The van der Waals surface area contributed by atoms with Crippen LogP contribution in [0.4, 0.5) is 0 Å². The van der Waals surface area contributed by atoms with E-state index < -0.39 is 20.2 Å². The summed E-state index contributed by atoms with van der Waals surface area (Å²) in [5.41, 5.74) is -0.362. The van der Waals surface area contributed by atoms with Gasteiger partial charge in [-0.15, -0.1) is 0 Å². The molecule has 2 aromatic carbocycles. The third-order valence-electron chi connectivity index (χ3n) is 6.53. The van der Waals surface area contributed by atoms with Gasteiger partial charge in [0.2, 0.25) is 0 Å². The van der Waals surface area contributed by atoms with Crippen LogP contribution in [0.25, 0.3) is 0 Å². The van der Waals surface area contributed by atoms with Crippen LogP contribution in [0.2, 0.25) is 5.04 Å². The van der Waals surface area contributed by atoms with Crippen molar-refractivity contribution < 1.29 is 9.16 Å². The number of aromatic nitrogens is 2. The Bertz CT molecular complexity index is 1180. The van der Waals surface area contributed by atoms with E-state index in [-0.39, 0.29) is 22.8 Å². The highest BCUT2D eigenvalue weighted by molar-refractivity contribution is 6.99. The Hall–Kier alpha value is -2.74. The maximum absolute atomic E-state index is 12.5. The molecule has 0 spiro atoms. The summed E-state index contributed by atoms with van der Waals surface area (Å²) in [7, 11) is -2.75. The van der Waals surface area contributed by atoms with E-state index in [0.717, 1.165) is 0 Å². The quantitative estimate of drug-likeness (QED) is 0.589. The first-order valence-electron chi connectivity index (χ1n) is 11.4. The number of ether oxygens (including phenoxy) is 1. The first-order chi connectivity index (χ1) is 15.6. The molecule has 3 atom stereocenters. The summed E-state index contributed by atoms with van der Waals surface area (Å²) in [6.07, 6.45) is 1.18. The normalized spacial score (nSPS) is 21.3. The summed E-state index contributed by atoms with van der Waals surface area (Å²) in [5, 5.41) is 2.26. The number of nitrogens with one attached hydrogen (secondary N) is 1. The Kier molecular flexibility index (Phi) is 6.31. The topological polar surface area (TPSA) is 73.3 Å². The fourth-order valence-corrected chi connectivity index (χ4v) is 9.58. The van der Waals surface area contributed by atoms with E-state index in [4.69, 9.17) is 9.16 Å². The van der Waals surface area contributed by atoms with Crippen LogP contribution in [0.5, 0.6) is 0 Å². The van der Waals surface area contributed by atoms with Gasteiger partial charge in [-0.3, -0.25) is 14.3 Å². The molecule has 0 aliphatic carbocycles. The van der Waals surface area contributed by atoms with Gasteiger partial charge in [0.25, 0.3) is 13.9 Å². The van der Waals surface area contributed by atoms with Crippen molar-refractivity contribution in [3.8, 4) is 0 Å². The zero-order valence-electron chi connectivity index (χ0n) is 19.9. The molecule has 0 saturated carbocycles. The van der Waals surface area contributed by atoms with Crippen molar-refractivity contribution in [3.63, 3.8) is 0 Å². The molecule has 1 aliphatic rings. The molecule has 6 nitrogen and oxygen atoms in total. The minimum atomic E-state index is -2.75.